The average Bonchev–Trinajstić information content (AvgIpc) is 2.86. The molecule has 3 heterocycles. The highest BCUT2D eigenvalue weighted by Gasteiger charge is 2.22. The molecule has 1 saturated heterocycles. The number of imidazole rings is 1. The number of aromatic nitrogens is 4. The molecule has 0 amide bonds. The van der Waals surface area contributed by atoms with Crippen molar-refractivity contribution in [1.29, 1.82) is 0 Å². The summed E-state index contributed by atoms with van der Waals surface area (Å²) < 4.78 is 3.11. The first-order chi connectivity index (χ1) is 11.3. The Morgan fingerprint density at radius 2 is 2.04 bits per heavy atom. The largest absolute Gasteiger partial charge is 0.352 e. The molecule has 0 radical (unpaired) electrons. The second-order valence-corrected chi connectivity index (χ2v) is 5.19. The molecule has 7 nitrogen and oxygen atoms in total. The quantitative estimate of drug-likeness (QED) is 0.786. The Bertz CT molecular complexity index is 870. The van der Waals surface area contributed by atoms with E-state index in [1.54, 1.807) is 11.5 Å². The highest BCUT2D eigenvalue weighted by Crippen LogP contribution is 2.22. The number of nitrogens with one attached hydrogen (secondary N) is 1. The van der Waals surface area contributed by atoms with Gasteiger partial charge in [-0.25, -0.2) is 14.8 Å². The van der Waals surface area contributed by atoms with E-state index in [1.165, 1.54) is 10.9 Å². The van der Waals surface area contributed by atoms with Crippen molar-refractivity contribution < 1.29 is 0 Å². The van der Waals surface area contributed by atoms with Gasteiger partial charge in [-0.2, -0.15) is 0 Å². The van der Waals surface area contributed by atoms with E-state index >= 15 is 0 Å². The maximum atomic E-state index is 12.7. The van der Waals surface area contributed by atoms with Crippen LogP contribution < -0.4 is 15.9 Å². The first-order valence-electron chi connectivity index (χ1n) is 7.50. The number of terminal acetylenes is 1. The summed E-state index contributed by atoms with van der Waals surface area (Å²) in [6.45, 7) is 5.67. The minimum Gasteiger partial charge on any atom is -0.352 e. The van der Waals surface area contributed by atoms with Crippen molar-refractivity contribution in [3.8, 4) is 24.2 Å². The van der Waals surface area contributed by atoms with E-state index in [0.717, 1.165) is 32.0 Å². The van der Waals surface area contributed by atoms with Gasteiger partial charge >= 0.3 is 5.69 Å². The third-order valence-electron chi connectivity index (χ3n) is 3.85. The van der Waals surface area contributed by atoms with Crippen LogP contribution in [0.4, 0.5) is 5.82 Å². The molecule has 1 N–H and O–H groups in total. The molecule has 0 atom stereocenters. The maximum Gasteiger partial charge on any atom is 0.332 e. The predicted molar refractivity (Wildman–Crippen MR) is 89.2 cm³/mol. The molecular formula is C16H18N6O. The van der Waals surface area contributed by atoms with E-state index in [1.807, 2.05) is 0 Å². The Morgan fingerprint density at radius 1 is 1.26 bits per heavy atom. The Balaban J connectivity index is 2.24. The van der Waals surface area contributed by atoms with E-state index < -0.39 is 0 Å². The van der Waals surface area contributed by atoms with Crippen molar-refractivity contribution in [3.05, 3.63) is 16.8 Å². The van der Waals surface area contributed by atoms with Crippen LogP contribution in [0.15, 0.2) is 11.1 Å². The van der Waals surface area contributed by atoms with Crippen LogP contribution in [0.25, 0.3) is 11.2 Å². The molecule has 118 valence electrons. The highest BCUT2D eigenvalue weighted by atomic mass is 16.1. The van der Waals surface area contributed by atoms with Crippen molar-refractivity contribution in [2.24, 2.45) is 0 Å². The lowest BCUT2D eigenvalue weighted by Gasteiger charge is -2.28. The predicted octanol–water partition coefficient (Wildman–Crippen LogP) is -0.341. The molecule has 3 rings (SSSR count). The topological polar surface area (TPSA) is 68.0 Å². The SMILES string of the molecule is C#CCn1c(=O)n(CC#CC)c2c(N3CCNCC3)ncnc21. The van der Waals surface area contributed by atoms with Crippen LogP contribution in [0.2, 0.25) is 0 Å². The van der Waals surface area contributed by atoms with E-state index in [-0.39, 0.29) is 12.2 Å². The number of nitrogens with zero attached hydrogens (tertiary/aromatic N) is 5. The van der Waals surface area contributed by atoms with Gasteiger partial charge in [-0.1, -0.05) is 11.8 Å². The minimum absolute atomic E-state index is 0.180. The summed E-state index contributed by atoms with van der Waals surface area (Å²) >= 11 is 0. The lowest BCUT2D eigenvalue weighted by molar-refractivity contribution is 0.585. The molecule has 0 bridgehead atoms. The van der Waals surface area contributed by atoms with Gasteiger partial charge in [-0.15, -0.1) is 12.3 Å². The molecule has 0 spiro atoms. The van der Waals surface area contributed by atoms with E-state index in [4.69, 9.17) is 6.42 Å². The van der Waals surface area contributed by atoms with Gasteiger partial charge in [0.25, 0.3) is 0 Å². The number of anilines is 1. The molecule has 0 unspecified atom stereocenters. The summed E-state index contributed by atoms with van der Waals surface area (Å²) in [7, 11) is 0. The van der Waals surface area contributed by atoms with Crippen molar-refractivity contribution in [3.63, 3.8) is 0 Å². The molecule has 2 aromatic heterocycles. The Kier molecular flexibility index (Phi) is 4.31. The van der Waals surface area contributed by atoms with Gasteiger partial charge in [0.15, 0.2) is 11.5 Å². The van der Waals surface area contributed by atoms with Crippen LogP contribution in [0.5, 0.6) is 0 Å². The van der Waals surface area contributed by atoms with Crippen LogP contribution in [0, 0.1) is 24.2 Å². The molecule has 23 heavy (non-hydrogen) atoms. The molecule has 0 aliphatic carbocycles. The lowest BCUT2D eigenvalue weighted by Crippen LogP contribution is -2.44. The highest BCUT2D eigenvalue weighted by molar-refractivity contribution is 5.84. The summed E-state index contributed by atoms with van der Waals surface area (Å²) in [6.07, 6.45) is 6.89. The molecule has 1 aliphatic rings. The normalized spacial score (nSPS) is 14.3. The van der Waals surface area contributed by atoms with Crippen LogP contribution >= 0.6 is 0 Å². The number of rotatable bonds is 3. The van der Waals surface area contributed by atoms with Gasteiger partial charge in [0, 0.05) is 26.2 Å². The number of hydrogen-bond donors (Lipinski definition) is 1. The summed E-state index contributed by atoms with van der Waals surface area (Å²) in [4.78, 5) is 23.6. The fourth-order valence-electron chi connectivity index (χ4n) is 2.78. The zero-order valence-corrected chi connectivity index (χ0v) is 13.0. The van der Waals surface area contributed by atoms with Gasteiger partial charge < -0.3 is 10.2 Å². The van der Waals surface area contributed by atoms with Crippen LogP contribution in [0.3, 0.4) is 0 Å². The van der Waals surface area contributed by atoms with Crippen molar-refractivity contribution >= 4 is 17.0 Å². The first kappa shape index (κ1) is 15.1. The van der Waals surface area contributed by atoms with Gasteiger partial charge in [-0.3, -0.25) is 9.13 Å². The van der Waals surface area contributed by atoms with Gasteiger partial charge in [0.1, 0.15) is 11.8 Å². The molecular weight excluding hydrogens is 292 g/mol. The molecule has 7 heteroatoms. The zero-order chi connectivity index (χ0) is 16.2. The van der Waals surface area contributed by atoms with E-state index in [0.29, 0.717) is 17.7 Å². The van der Waals surface area contributed by atoms with Gasteiger partial charge in [0.05, 0.1) is 13.1 Å². The number of fused-ring (bicyclic) bond motifs is 1. The molecule has 1 aliphatic heterocycles. The molecule has 0 saturated carbocycles. The van der Waals surface area contributed by atoms with Crippen LogP contribution in [0.1, 0.15) is 6.92 Å². The van der Waals surface area contributed by atoms with Gasteiger partial charge in [0.2, 0.25) is 0 Å². The molecule has 2 aromatic rings. The lowest BCUT2D eigenvalue weighted by atomic mass is 10.3. The van der Waals surface area contributed by atoms with Crippen molar-refractivity contribution in [2.75, 3.05) is 31.1 Å². The number of piperazine rings is 1. The maximum absolute atomic E-state index is 12.7. The second-order valence-electron chi connectivity index (χ2n) is 5.19. The van der Waals surface area contributed by atoms with Crippen LogP contribution in [-0.2, 0) is 13.1 Å². The fourth-order valence-corrected chi connectivity index (χ4v) is 2.78. The third kappa shape index (κ3) is 2.67. The standard InChI is InChI=1S/C16H18N6O/c1-3-5-9-21-13-14(20-10-6-17-7-11-20)18-12-19-15(13)22(8-4-2)16(21)23/h2,12,17H,6-11H2,1H3. The fraction of sp³-hybridized carbons (Fsp3) is 0.438. The zero-order valence-electron chi connectivity index (χ0n) is 13.0. The summed E-state index contributed by atoms with van der Waals surface area (Å²) in [5.74, 6) is 9.05. The third-order valence-corrected chi connectivity index (χ3v) is 3.85. The minimum atomic E-state index is -0.197. The first-order valence-corrected chi connectivity index (χ1v) is 7.50. The Labute approximate surface area is 134 Å². The summed E-state index contributed by atoms with van der Waals surface area (Å²) in [5, 5.41) is 3.31. The smallest absolute Gasteiger partial charge is 0.332 e. The number of hydrogen-bond acceptors (Lipinski definition) is 5. The Hall–Kier alpha value is -2.77. The summed E-state index contributed by atoms with van der Waals surface area (Å²) in [5.41, 5.74) is 1.07. The molecule has 1 fully saturated rings. The monoisotopic (exact) mass is 310 g/mol. The summed E-state index contributed by atoms with van der Waals surface area (Å²) in [6, 6.07) is 0. The van der Waals surface area contributed by atoms with E-state index in [2.05, 4.69) is 37.9 Å². The Morgan fingerprint density at radius 3 is 2.74 bits per heavy atom. The van der Waals surface area contributed by atoms with E-state index in [9.17, 15) is 4.79 Å². The average molecular weight is 310 g/mol. The van der Waals surface area contributed by atoms with Gasteiger partial charge in [-0.05, 0) is 6.92 Å². The van der Waals surface area contributed by atoms with Crippen LogP contribution in [-0.4, -0.2) is 45.3 Å². The second kappa shape index (κ2) is 6.55. The molecule has 0 aromatic carbocycles. The van der Waals surface area contributed by atoms with Crippen molar-refractivity contribution in [2.45, 2.75) is 20.0 Å². The van der Waals surface area contributed by atoms with Crippen molar-refractivity contribution in [1.82, 2.24) is 24.4 Å².